The van der Waals surface area contributed by atoms with Gasteiger partial charge in [0.05, 0.1) is 5.30 Å². The van der Waals surface area contributed by atoms with Crippen molar-refractivity contribution in [1.82, 2.24) is 0 Å². The Kier molecular flexibility index (Phi) is 2.28. The van der Waals surface area contributed by atoms with Crippen LogP contribution in [0.4, 0.5) is 0 Å². The lowest BCUT2D eigenvalue weighted by Crippen LogP contribution is -2.21. The zero-order valence-electron chi connectivity index (χ0n) is 8.24. The van der Waals surface area contributed by atoms with Crippen LogP contribution in [0.1, 0.15) is 0 Å². The summed E-state index contributed by atoms with van der Waals surface area (Å²) in [5, 5.41) is 0.742. The molecule has 1 heterocycles. The lowest BCUT2D eigenvalue weighted by molar-refractivity contribution is 0.172. The predicted octanol–water partition coefficient (Wildman–Crippen LogP) is 1.51. The van der Waals surface area contributed by atoms with Crippen molar-refractivity contribution < 1.29 is 14.0 Å². The minimum absolute atomic E-state index is 0.512. The van der Waals surface area contributed by atoms with Crippen LogP contribution in [0, 0.1) is 6.07 Å². The Morgan fingerprint density at radius 3 is 2.79 bits per heavy atom. The van der Waals surface area contributed by atoms with Gasteiger partial charge < -0.3 is 14.0 Å². The molecule has 75 valence electrons. The zero-order valence-corrected chi connectivity index (χ0v) is 9.14. The van der Waals surface area contributed by atoms with E-state index in [1.165, 1.54) is 0 Å². The molecule has 0 spiro atoms. The van der Waals surface area contributed by atoms with E-state index >= 15 is 0 Å². The minimum Gasteiger partial charge on any atom is -0.485 e. The second-order valence-corrected chi connectivity index (χ2v) is 6.75. The quantitative estimate of drug-likeness (QED) is 0.660. The van der Waals surface area contributed by atoms with E-state index in [1.807, 2.05) is 0 Å². The van der Waals surface area contributed by atoms with E-state index in [9.17, 15) is 4.57 Å². The molecule has 0 atom stereocenters. The third kappa shape index (κ3) is 1.64. The van der Waals surface area contributed by atoms with E-state index in [2.05, 4.69) is 6.07 Å². The Labute approximate surface area is 83.4 Å². The molecule has 1 aromatic carbocycles. The van der Waals surface area contributed by atoms with Crippen LogP contribution in [0.2, 0.25) is 0 Å². The third-order valence-electron chi connectivity index (χ3n) is 2.05. The van der Waals surface area contributed by atoms with Crippen LogP contribution in [0.3, 0.4) is 0 Å². The van der Waals surface area contributed by atoms with Crippen LogP contribution in [-0.2, 0) is 4.57 Å². The molecule has 1 radical (unpaired) electrons. The maximum absolute atomic E-state index is 11.9. The van der Waals surface area contributed by atoms with E-state index in [0.29, 0.717) is 24.7 Å². The molecule has 2 rings (SSSR count). The Morgan fingerprint density at radius 2 is 2.07 bits per heavy atom. The van der Waals surface area contributed by atoms with E-state index in [-0.39, 0.29) is 0 Å². The van der Waals surface area contributed by atoms with Gasteiger partial charge in [0.2, 0.25) is 0 Å². The number of hydrogen-bond acceptors (Lipinski definition) is 3. The molecule has 0 fully saturated rings. The average molecular weight is 211 g/mol. The summed E-state index contributed by atoms with van der Waals surface area (Å²) in [7, 11) is -2.30. The van der Waals surface area contributed by atoms with Gasteiger partial charge in [0.25, 0.3) is 0 Å². The van der Waals surface area contributed by atoms with Crippen LogP contribution < -0.4 is 14.8 Å². The average Bonchev–Trinajstić information content (AvgIpc) is 2.15. The number of hydrogen-bond donors (Lipinski definition) is 0. The number of ether oxygens (including phenoxy) is 2. The minimum atomic E-state index is -2.30. The summed E-state index contributed by atoms with van der Waals surface area (Å²) in [5.74, 6) is 1.18. The fourth-order valence-corrected chi connectivity index (χ4v) is 2.50. The SMILES string of the molecule is CP(C)(=O)c1cc[c]c2c1OCCO2. The topological polar surface area (TPSA) is 35.5 Å². The van der Waals surface area contributed by atoms with Crippen molar-refractivity contribution in [2.75, 3.05) is 26.5 Å². The van der Waals surface area contributed by atoms with Gasteiger partial charge in [0, 0.05) is 6.07 Å². The zero-order chi connectivity index (χ0) is 10.2. The Balaban J connectivity index is 2.56. The summed E-state index contributed by atoms with van der Waals surface area (Å²) in [6, 6.07) is 6.44. The largest absolute Gasteiger partial charge is 0.485 e. The van der Waals surface area contributed by atoms with Crippen LogP contribution in [-0.4, -0.2) is 26.5 Å². The van der Waals surface area contributed by atoms with Crippen LogP contribution in [0.5, 0.6) is 11.5 Å². The summed E-state index contributed by atoms with van der Waals surface area (Å²) in [6.45, 7) is 4.49. The van der Waals surface area contributed by atoms with Gasteiger partial charge >= 0.3 is 0 Å². The summed E-state index contributed by atoms with van der Waals surface area (Å²) < 4.78 is 22.7. The van der Waals surface area contributed by atoms with E-state index in [4.69, 9.17) is 9.47 Å². The van der Waals surface area contributed by atoms with Gasteiger partial charge in [-0.2, -0.15) is 0 Å². The fraction of sp³-hybridized carbons (Fsp3) is 0.400. The van der Waals surface area contributed by atoms with Gasteiger partial charge in [-0.05, 0) is 25.5 Å². The number of benzene rings is 1. The number of fused-ring (bicyclic) bond motifs is 1. The van der Waals surface area contributed by atoms with Gasteiger partial charge in [0.15, 0.2) is 11.5 Å². The van der Waals surface area contributed by atoms with Gasteiger partial charge in [-0.25, -0.2) is 0 Å². The molecule has 14 heavy (non-hydrogen) atoms. The summed E-state index contributed by atoms with van der Waals surface area (Å²) in [5.41, 5.74) is 0. The second-order valence-electron chi connectivity index (χ2n) is 3.57. The maximum atomic E-state index is 11.9. The van der Waals surface area contributed by atoms with Gasteiger partial charge in [-0.3, -0.25) is 0 Å². The molecular weight excluding hydrogens is 199 g/mol. The van der Waals surface area contributed by atoms with Gasteiger partial charge in [-0.15, -0.1) is 0 Å². The predicted molar refractivity (Wildman–Crippen MR) is 55.4 cm³/mol. The lowest BCUT2D eigenvalue weighted by atomic mass is 10.3. The molecule has 0 saturated heterocycles. The molecule has 3 nitrogen and oxygen atoms in total. The summed E-state index contributed by atoms with van der Waals surface area (Å²) >= 11 is 0. The lowest BCUT2D eigenvalue weighted by Gasteiger charge is -2.21. The van der Waals surface area contributed by atoms with Gasteiger partial charge in [-0.1, -0.05) is 0 Å². The first kappa shape index (κ1) is 9.60. The smallest absolute Gasteiger partial charge is 0.172 e. The normalized spacial score (nSPS) is 15.3. The van der Waals surface area contributed by atoms with Crippen molar-refractivity contribution in [3.05, 3.63) is 18.2 Å². The summed E-state index contributed by atoms with van der Waals surface area (Å²) in [4.78, 5) is 0. The van der Waals surface area contributed by atoms with Crippen molar-refractivity contribution >= 4 is 12.4 Å². The molecular formula is C10H12O3P. The maximum Gasteiger partial charge on any atom is 0.172 e. The first-order valence-corrected chi connectivity index (χ1v) is 7.05. The molecule has 1 aliphatic heterocycles. The monoisotopic (exact) mass is 211 g/mol. The van der Waals surface area contributed by atoms with Crippen LogP contribution in [0.15, 0.2) is 12.1 Å². The fourth-order valence-electron chi connectivity index (χ4n) is 1.41. The standard InChI is InChI=1S/C10H12O3P/c1-14(2,11)9-5-3-4-8-10(9)13-7-6-12-8/h3,5H,6-7H2,1-2H3. The molecule has 0 N–H and O–H groups in total. The van der Waals surface area contributed by atoms with E-state index < -0.39 is 7.14 Å². The third-order valence-corrected chi connectivity index (χ3v) is 3.56. The molecule has 0 unspecified atom stereocenters. The van der Waals surface area contributed by atoms with E-state index in [0.717, 1.165) is 5.30 Å². The second kappa shape index (κ2) is 3.32. The first-order chi connectivity index (χ1) is 6.59. The molecule has 0 amide bonds. The highest BCUT2D eigenvalue weighted by Crippen LogP contribution is 2.42. The molecule has 1 aromatic rings. The molecule has 0 bridgehead atoms. The van der Waals surface area contributed by atoms with Crippen LogP contribution in [0.25, 0.3) is 0 Å². The first-order valence-electron chi connectivity index (χ1n) is 4.45. The van der Waals surface area contributed by atoms with Crippen molar-refractivity contribution in [3.8, 4) is 11.5 Å². The van der Waals surface area contributed by atoms with Crippen LogP contribution >= 0.6 is 7.14 Å². The number of rotatable bonds is 1. The van der Waals surface area contributed by atoms with Crippen molar-refractivity contribution in [2.45, 2.75) is 0 Å². The Morgan fingerprint density at radius 1 is 1.36 bits per heavy atom. The molecule has 0 aliphatic carbocycles. The molecule has 4 heteroatoms. The van der Waals surface area contributed by atoms with Crippen molar-refractivity contribution in [2.24, 2.45) is 0 Å². The Hall–Kier alpha value is -0.950. The highest BCUT2D eigenvalue weighted by atomic mass is 31.2. The molecule has 1 aliphatic rings. The molecule has 0 aromatic heterocycles. The van der Waals surface area contributed by atoms with E-state index in [1.54, 1.807) is 25.5 Å². The van der Waals surface area contributed by atoms with Crippen molar-refractivity contribution in [3.63, 3.8) is 0 Å². The molecule has 0 saturated carbocycles. The highest BCUT2D eigenvalue weighted by molar-refractivity contribution is 7.70. The highest BCUT2D eigenvalue weighted by Gasteiger charge is 2.22. The van der Waals surface area contributed by atoms with Gasteiger partial charge in [0.1, 0.15) is 20.4 Å². The summed E-state index contributed by atoms with van der Waals surface area (Å²) in [6.07, 6.45) is 0. The van der Waals surface area contributed by atoms with Crippen molar-refractivity contribution in [1.29, 1.82) is 0 Å². The Bertz CT molecular complexity index is 394.